The molecule has 0 aliphatic heterocycles. The molecule has 1 aliphatic carbocycles. The molecule has 1 saturated carbocycles. The number of hydrogen-bond acceptors (Lipinski definition) is 4. The fourth-order valence-electron chi connectivity index (χ4n) is 2.68. The first-order valence-electron chi connectivity index (χ1n) is 8.12. The van der Waals surface area contributed by atoms with Gasteiger partial charge in [-0.2, -0.15) is 0 Å². The fraction of sp³-hybridized carbons (Fsp3) is 0.333. The van der Waals surface area contributed by atoms with Gasteiger partial charge in [0.2, 0.25) is 5.91 Å². The van der Waals surface area contributed by atoms with E-state index >= 15 is 0 Å². The Morgan fingerprint density at radius 1 is 1.38 bits per heavy atom. The summed E-state index contributed by atoms with van der Waals surface area (Å²) in [6, 6.07) is 8.31. The van der Waals surface area contributed by atoms with Crippen LogP contribution in [0.5, 0.6) is 5.75 Å². The van der Waals surface area contributed by atoms with Crippen LogP contribution in [-0.2, 0) is 11.2 Å². The largest absolute Gasteiger partial charge is 0.497 e. The summed E-state index contributed by atoms with van der Waals surface area (Å²) >= 11 is 1.61. The Hall–Kier alpha value is -2.34. The SMILES string of the molecule is COc1ccc(-c2cn3c(CCC(=O)NC4CC4)csc3n2)cc1. The quantitative estimate of drug-likeness (QED) is 0.748. The van der Waals surface area contributed by atoms with Crippen molar-refractivity contribution >= 4 is 22.2 Å². The van der Waals surface area contributed by atoms with Gasteiger partial charge in [-0.15, -0.1) is 11.3 Å². The van der Waals surface area contributed by atoms with Crippen LogP contribution in [0, 0.1) is 0 Å². The van der Waals surface area contributed by atoms with Crippen LogP contribution in [0.2, 0.25) is 0 Å². The predicted molar refractivity (Wildman–Crippen MR) is 94.5 cm³/mol. The molecule has 0 unspecified atom stereocenters. The zero-order chi connectivity index (χ0) is 16.5. The first-order valence-corrected chi connectivity index (χ1v) is 9.00. The standard InChI is InChI=1S/C18H19N3O2S/c1-23-15-7-2-12(3-8-15)16-10-21-14(11-24-18(21)20-16)6-9-17(22)19-13-4-5-13/h2-3,7-8,10-11,13H,4-6,9H2,1H3,(H,19,22). The Bertz CT molecular complexity index is 862. The predicted octanol–water partition coefficient (Wildman–Crippen LogP) is 3.28. The van der Waals surface area contributed by atoms with E-state index in [2.05, 4.69) is 20.1 Å². The molecule has 5 nitrogen and oxygen atoms in total. The number of thiazole rings is 1. The van der Waals surface area contributed by atoms with Crippen LogP contribution in [0.3, 0.4) is 0 Å². The molecule has 4 rings (SSSR count). The molecule has 1 fully saturated rings. The van der Waals surface area contributed by atoms with E-state index in [4.69, 9.17) is 4.74 Å². The lowest BCUT2D eigenvalue weighted by Gasteiger charge is -2.02. The molecule has 24 heavy (non-hydrogen) atoms. The number of nitrogens with one attached hydrogen (secondary N) is 1. The van der Waals surface area contributed by atoms with Crippen LogP contribution < -0.4 is 10.1 Å². The van der Waals surface area contributed by atoms with Crippen LogP contribution in [-0.4, -0.2) is 28.4 Å². The first-order chi connectivity index (χ1) is 11.7. The summed E-state index contributed by atoms with van der Waals surface area (Å²) in [4.78, 5) is 17.5. The van der Waals surface area contributed by atoms with Gasteiger partial charge < -0.3 is 10.1 Å². The molecular weight excluding hydrogens is 322 g/mol. The van der Waals surface area contributed by atoms with Gasteiger partial charge in [-0.1, -0.05) is 0 Å². The van der Waals surface area contributed by atoms with Gasteiger partial charge in [-0.3, -0.25) is 9.20 Å². The molecule has 1 N–H and O–H groups in total. The number of imidazole rings is 1. The Morgan fingerprint density at radius 2 is 2.17 bits per heavy atom. The number of aryl methyl sites for hydroxylation is 1. The third kappa shape index (κ3) is 3.14. The summed E-state index contributed by atoms with van der Waals surface area (Å²) in [5, 5.41) is 5.12. The number of nitrogens with zero attached hydrogens (tertiary/aromatic N) is 2. The average molecular weight is 341 g/mol. The maximum absolute atomic E-state index is 11.9. The molecule has 0 saturated heterocycles. The van der Waals surface area contributed by atoms with Crippen LogP contribution >= 0.6 is 11.3 Å². The summed E-state index contributed by atoms with van der Waals surface area (Å²) < 4.78 is 7.28. The van der Waals surface area contributed by atoms with Crippen LogP contribution in [0.4, 0.5) is 0 Å². The molecule has 2 aromatic heterocycles. The number of benzene rings is 1. The van der Waals surface area contributed by atoms with Gasteiger partial charge in [0.15, 0.2) is 4.96 Å². The lowest BCUT2D eigenvalue weighted by molar-refractivity contribution is -0.121. The lowest BCUT2D eigenvalue weighted by atomic mass is 10.1. The van der Waals surface area contributed by atoms with E-state index in [1.54, 1.807) is 18.4 Å². The third-order valence-corrected chi connectivity index (χ3v) is 5.11. The van der Waals surface area contributed by atoms with Crippen LogP contribution in [0.15, 0.2) is 35.8 Å². The zero-order valence-corrected chi connectivity index (χ0v) is 14.3. The Morgan fingerprint density at radius 3 is 2.88 bits per heavy atom. The van der Waals surface area contributed by atoms with Crippen molar-refractivity contribution in [3.63, 3.8) is 0 Å². The maximum Gasteiger partial charge on any atom is 0.220 e. The number of hydrogen-bond donors (Lipinski definition) is 1. The summed E-state index contributed by atoms with van der Waals surface area (Å²) in [5.41, 5.74) is 3.13. The summed E-state index contributed by atoms with van der Waals surface area (Å²) in [6.07, 6.45) is 5.56. The topological polar surface area (TPSA) is 55.6 Å². The normalized spacial score (nSPS) is 14.0. The number of aromatic nitrogens is 2. The molecule has 1 aromatic carbocycles. The average Bonchev–Trinajstić information content (AvgIpc) is 3.18. The minimum atomic E-state index is 0.146. The van der Waals surface area contributed by atoms with Crippen LogP contribution in [0.1, 0.15) is 25.0 Å². The van der Waals surface area contributed by atoms with Gasteiger partial charge in [-0.25, -0.2) is 4.98 Å². The van der Waals surface area contributed by atoms with Gasteiger partial charge in [0.05, 0.1) is 12.8 Å². The van der Waals surface area contributed by atoms with E-state index in [0.717, 1.165) is 46.9 Å². The maximum atomic E-state index is 11.9. The van der Waals surface area contributed by atoms with E-state index in [1.807, 2.05) is 30.5 Å². The van der Waals surface area contributed by atoms with Crippen molar-refractivity contribution in [3.05, 3.63) is 41.5 Å². The monoisotopic (exact) mass is 341 g/mol. The lowest BCUT2D eigenvalue weighted by Crippen LogP contribution is -2.25. The molecule has 1 aliphatic rings. The number of fused-ring (bicyclic) bond motifs is 1. The van der Waals surface area contributed by atoms with E-state index < -0.39 is 0 Å². The number of carbonyl (C=O) groups excluding carboxylic acids is 1. The van der Waals surface area contributed by atoms with E-state index in [1.165, 1.54) is 0 Å². The summed E-state index contributed by atoms with van der Waals surface area (Å²) in [5.74, 6) is 0.981. The van der Waals surface area contributed by atoms with Crippen molar-refractivity contribution in [2.75, 3.05) is 7.11 Å². The van der Waals surface area contributed by atoms with Gasteiger partial charge in [0.25, 0.3) is 0 Å². The molecule has 0 spiro atoms. The number of carbonyl (C=O) groups is 1. The Balaban J connectivity index is 1.50. The van der Waals surface area contributed by atoms with Gasteiger partial charge >= 0.3 is 0 Å². The highest BCUT2D eigenvalue weighted by molar-refractivity contribution is 7.15. The Kier molecular flexibility index (Phi) is 3.98. The fourth-order valence-corrected chi connectivity index (χ4v) is 3.59. The summed E-state index contributed by atoms with van der Waals surface area (Å²) in [6.45, 7) is 0. The highest BCUT2D eigenvalue weighted by atomic mass is 32.1. The molecular formula is C18H19N3O2S. The highest BCUT2D eigenvalue weighted by Crippen LogP contribution is 2.26. The van der Waals surface area contributed by atoms with Crippen molar-refractivity contribution in [1.29, 1.82) is 0 Å². The van der Waals surface area contributed by atoms with Gasteiger partial charge in [0.1, 0.15) is 5.75 Å². The van der Waals surface area contributed by atoms with Crippen molar-refractivity contribution in [3.8, 4) is 17.0 Å². The number of amides is 1. The van der Waals surface area contributed by atoms with Crippen molar-refractivity contribution in [1.82, 2.24) is 14.7 Å². The molecule has 0 atom stereocenters. The van der Waals surface area contributed by atoms with Crippen molar-refractivity contribution < 1.29 is 9.53 Å². The third-order valence-electron chi connectivity index (χ3n) is 4.22. The molecule has 3 aromatic rings. The first kappa shape index (κ1) is 15.2. The zero-order valence-electron chi connectivity index (χ0n) is 13.5. The minimum Gasteiger partial charge on any atom is -0.497 e. The van der Waals surface area contributed by atoms with Gasteiger partial charge in [0, 0.05) is 35.3 Å². The number of methoxy groups -OCH3 is 1. The summed E-state index contributed by atoms with van der Waals surface area (Å²) in [7, 11) is 1.66. The number of ether oxygens (including phenoxy) is 1. The van der Waals surface area contributed by atoms with E-state index in [0.29, 0.717) is 12.5 Å². The molecule has 124 valence electrons. The van der Waals surface area contributed by atoms with Crippen LogP contribution in [0.25, 0.3) is 16.2 Å². The second-order valence-corrected chi connectivity index (χ2v) is 6.91. The molecule has 0 bridgehead atoms. The second kappa shape index (κ2) is 6.28. The highest BCUT2D eigenvalue weighted by Gasteiger charge is 2.23. The van der Waals surface area contributed by atoms with Crippen molar-refractivity contribution in [2.24, 2.45) is 0 Å². The molecule has 0 radical (unpaired) electrons. The molecule has 6 heteroatoms. The van der Waals surface area contributed by atoms with E-state index in [-0.39, 0.29) is 5.91 Å². The van der Waals surface area contributed by atoms with Crippen molar-refractivity contribution in [2.45, 2.75) is 31.7 Å². The van der Waals surface area contributed by atoms with E-state index in [9.17, 15) is 4.79 Å². The van der Waals surface area contributed by atoms with Gasteiger partial charge in [-0.05, 0) is 43.5 Å². The molecule has 1 amide bonds. The minimum absolute atomic E-state index is 0.146. The number of rotatable bonds is 6. The Labute approximate surface area is 144 Å². The smallest absolute Gasteiger partial charge is 0.220 e. The molecule has 2 heterocycles. The second-order valence-electron chi connectivity index (χ2n) is 6.08.